The average molecular weight is 343 g/mol. The van der Waals surface area contributed by atoms with E-state index < -0.39 is 23.3 Å². The van der Waals surface area contributed by atoms with E-state index in [0.717, 1.165) is 0 Å². The smallest absolute Gasteiger partial charge is 0.344 e. The minimum Gasteiger partial charge on any atom is -0.475 e. The van der Waals surface area contributed by atoms with Gasteiger partial charge in [0, 0.05) is 17.2 Å². The Bertz CT molecular complexity index is 854. The molecule has 6 nitrogen and oxygen atoms in total. The molecular formula is C18H14FNO5. The maximum absolute atomic E-state index is 13.1. The fourth-order valence-corrected chi connectivity index (χ4v) is 1.91. The summed E-state index contributed by atoms with van der Waals surface area (Å²) in [5, 5.41) is 11.2. The number of carbonyl (C=O) groups excluding carboxylic acids is 1. The summed E-state index contributed by atoms with van der Waals surface area (Å²) in [6, 6.07) is 9.80. The van der Waals surface area contributed by atoms with Gasteiger partial charge in [0.25, 0.3) is 0 Å². The summed E-state index contributed by atoms with van der Waals surface area (Å²) in [4.78, 5) is 21.8. The van der Waals surface area contributed by atoms with Crippen LogP contribution in [0.4, 0.5) is 10.1 Å². The van der Waals surface area contributed by atoms with Gasteiger partial charge >= 0.3 is 11.7 Å². The van der Waals surface area contributed by atoms with Crippen molar-refractivity contribution in [3.63, 3.8) is 0 Å². The predicted molar refractivity (Wildman–Crippen MR) is 87.6 cm³/mol. The molecule has 0 spiro atoms. The number of nitro groups is 1. The lowest BCUT2D eigenvalue weighted by atomic mass is 10.1. The zero-order valence-corrected chi connectivity index (χ0v) is 13.3. The van der Waals surface area contributed by atoms with Crippen LogP contribution in [0.5, 0.6) is 5.75 Å². The van der Waals surface area contributed by atoms with Crippen molar-refractivity contribution in [1.29, 1.82) is 0 Å². The summed E-state index contributed by atoms with van der Waals surface area (Å²) in [6.07, 6.45) is 0. The topological polar surface area (TPSA) is 78.7 Å². The molecule has 0 radical (unpaired) electrons. The van der Waals surface area contributed by atoms with E-state index in [-0.39, 0.29) is 18.0 Å². The summed E-state index contributed by atoms with van der Waals surface area (Å²) >= 11 is 0. The maximum atomic E-state index is 13.1. The Morgan fingerprint density at radius 2 is 1.92 bits per heavy atom. The normalized spacial score (nSPS) is 9.68. The molecule has 0 heterocycles. The Morgan fingerprint density at radius 3 is 2.56 bits per heavy atom. The molecule has 0 N–H and O–H groups in total. The molecule has 0 aliphatic carbocycles. The largest absolute Gasteiger partial charge is 0.475 e. The molecule has 2 rings (SSSR count). The lowest BCUT2D eigenvalue weighted by Crippen LogP contribution is -2.15. The van der Waals surface area contributed by atoms with Gasteiger partial charge in [-0.1, -0.05) is 17.9 Å². The van der Waals surface area contributed by atoms with Gasteiger partial charge < -0.3 is 9.47 Å². The molecule has 0 aliphatic rings. The molecule has 25 heavy (non-hydrogen) atoms. The fourth-order valence-electron chi connectivity index (χ4n) is 1.91. The highest BCUT2D eigenvalue weighted by Gasteiger charge is 2.17. The number of carbonyl (C=O) groups is 1. The minimum atomic E-state index is -0.631. The molecule has 2 aromatic rings. The molecule has 0 aliphatic heterocycles. The van der Waals surface area contributed by atoms with E-state index in [4.69, 9.17) is 9.47 Å². The molecule has 7 heteroatoms. The van der Waals surface area contributed by atoms with Gasteiger partial charge in [-0.15, -0.1) is 0 Å². The first-order chi connectivity index (χ1) is 12.0. The van der Waals surface area contributed by atoms with Crippen LogP contribution < -0.4 is 4.74 Å². The Kier molecular flexibility index (Phi) is 6.07. The van der Waals surface area contributed by atoms with Crippen LogP contribution in [-0.2, 0) is 9.53 Å². The molecule has 0 fully saturated rings. The summed E-state index contributed by atoms with van der Waals surface area (Å²) < 4.78 is 22.9. The van der Waals surface area contributed by atoms with Gasteiger partial charge in [0.05, 0.1) is 11.5 Å². The molecule has 128 valence electrons. The lowest BCUT2D eigenvalue weighted by Gasteiger charge is -2.06. The Balaban J connectivity index is 2.21. The standard InChI is InChI=1S/C18H14FNO5/c1-2-24-18(21)12-25-17-9-8-14(11-16(17)20(22)23)7-6-13-4-3-5-15(19)10-13/h3-5,8-11H,2,12H2,1H3. The third-order valence-electron chi connectivity index (χ3n) is 2.98. The van der Waals surface area contributed by atoms with E-state index in [1.807, 2.05) is 0 Å². The summed E-state index contributed by atoms with van der Waals surface area (Å²) in [7, 11) is 0. The second kappa shape index (κ2) is 8.45. The highest BCUT2D eigenvalue weighted by molar-refractivity contribution is 5.71. The molecule has 0 atom stereocenters. The van der Waals surface area contributed by atoms with Crippen molar-refractivity contribution in [2.45, 2.75) is 6.92 Å². The van der Waals surface area contributed by atoms with Crippen molar-refractivity contribution in [1.82, 2.24) is 0 Å². The number of hydrogen-bond donors (Lipinski definition) is 0. The number of benzene rings is 2. The molecule has 0 amide bonds. The molecule has 0 saturated carbocycles. The molecule has 0 saturated heterocycles. The summed E-state index contributed by atoms with van der Waals surface area (Å²) in [5.41, 5.74) is 0.486. The third kappa shape index (κ3) is 5.32. The van der Waals surface area contributed by atoms with Crippen LogP contribution in [-0.4, -0.2) is 24.1 Å². The summed E-state index contributed by atoms with van der Waals surface area (Å²) in [5.74, 6) is 4.36. The lowest BCUT2D eigenvalue weighted by molar-refractivity contribution is -0.385. The number of ether oxygens (including phenoxy) is 2. The first kappa shape index (κ1) is 17.9. The van der Waals surface area contributed by atoms with Crippen LogP contribution in [0, 0.1) is 27.8 Å². The zero-order valence-electron chi connectivity index (χ0n) is 13.3. The SMILES string of the molecule is CCOC(=O)COc1ccc(C#Cc2cccc(F)c2)cc1[N+](=O)[O-]. The van der Waals surface area contributed by atoms with Crippen LogP contribution in [0.15, 0.2) is 42.5 Å². The second-order valence-electron chi connectivity index (χ2n) is 4.79. The van der Waals surface area contributed by atoms with Crippen LogP contribution in [0.2, 0.25) is 0 Å². The number of halogens is 1. The van der Waals surface area contributed by atoms with E-state index in [2.05, 4.69) is 11.8 Å². The maximum Gasteiger partial charge on any atom is 0.344 e. The quantitative estimate of drug-likeness (QED) is 0.361. The molecule has 0 bridgehead atoms. The average Bonchev–Trinajstić information content (AvgIpc) is 2.58. The molecular weight excluding hydrogens is 329 g/mol. The van der Waals surface area contributed by atoms with Gasteiger partial charge in [-0.3, -0.25) is 10.1 Å². The van der Waals surface area contributed by atoms with Crippen molar-refractivity contribution in [3.05, 3.63) is 69.5 Å². The van der Waals surface area contributed by atoms with Gasteiger partial charge in [0.1, 0.15) is 5.82 Å². The predicted octanol–water partition coefficient (Wildman–Crippen LogP) is 3.08. The van der Waals surface area contributed by atoms with Crippen LogP contribution in [0.1, 0.15) is 18.1 Å². The van der Waals surface area contributed by atoms with Crippen LogP contribution in [0.3, 0.4) is 0 Å². The number of nitrogens with zero attached hydrogens (tertiary/aromatic N) is 1. The van der Waals surface area contributed by atoms with Gasteiger partial charge in [-0.25, -0.2) is 9.18 Å². The van der Waals surface area contributed by atoms with Gasteiger partial charge in [-0.05, 0) is 37.3 Å². The number of hydrogen-bond acceptors (Lipinski definition) is 5. The fraction of sp³-hybridized carbons (Fsp3) is 0.167. The monoisotopic (exact) mass is 343 g/mol. The Hall–Kier alpha value is -3.40. The van der Waals surface area contributed by atoms with Crippen molar-refractivity contribution < 1.29 is 23.6 Å². The highest BCUT2D eigenvalue weighted by atomic mass is 19.1. The Morgan fingerprint density at radius 1 is 1.20 bits per heavy atom. The number of rotatable bonds is 5. The zero-order chi connectivity index (χ0) is 18.2. The van der Waals surface area contributed by atoms with Crippen molar-refractivity contribution in [3.8, 4) is 17.6 Å². The highest BCUT2D eigenvalue weighted by Crippen LogP contribution is 2.27. The van der Waals surface area contributed by atoms with Gasteiger partial charge in [-0.2, -0.15) is 0 Å². The van der Waals surface area contributed by atoms with E-state index in [1.165, 1.54) is 36.4 Å². The number of esters is 1. The number of nitro benzene ring substituents is 1. The van der Waals surface area contributed by atoms with Crippen LogP contribution in [0.25, 0.3) is 0 Å². The summed E-state index contributed by atoms with van der Waals surface area (Å²) in [6.45, 7) is 1.41. The Labute approximate surface area is 143 Å². The minimum absolute atomic E-state index is 0.0608. The van der Waals surface area contributed by atoms with Crippen molar-refractivity contribution in [2.75, 3.05) is 13.2 Å². The van der Waals surface area contributed by atoms with Crippen molar-refractivity contribution >= 4 is 11.7 Å². The van der Waals surface area contributed by atoms with E-state index in [9.17, 15) is 19.3 Å². The van der Waals surface area contributed by atoms with E-state index >= 15 is 0 Å². The third-order valence-corrected chi connectivity index (χ3v) is 2.98. The molecule has 0 unspecified atom stereocenters. The van der Waals surface area contributed by atoms with Gasteiger partial charge in [0.15, 0.2) is 12.4 Å². The van der Waals surface area contributed by atoms with Crippen LogP contribution >= 0.6 is 0 Å². The van der Waals surface area contributed by atoms with Crippen molar-refractivity contribution in [2.24, 2.45) is 0 Å². The van der Waals surface area contributed by atoms with E-state index in [1.54, 1.807) is 13.0 Å². The van der Waals surface area contributed by atoms with E-state index in [0.29, 0.717) is 11.1 Å². The second-order valence-corrected chi connectivity index (χ2v) is 4.79. The molecule has 0 aromatic heterocycles. The first-order valence-corrected chi connectivity index (χ1v) is 7.34. The van der Waals surface area contributed by atoms with Gasteiger partial charge in [0.2, 0.25) is 0 Å². The molecule has 2 aromatic carbocycles. The first-order valence-electron chi connectivity index (χ1n) is 7.34.